The van der Waals surface area contributed by atoms with Gasteiger partial charge in [0.05, 0.1) is 18.5 Å². The number of cyclic esters (lactones) is 1. The van der Waals surface area contributed by atoms with E-state index in [0.717, 1.165) is 64.0 Å². The molecule has 2 bridgehead atoms. The topological polar surface area (TPSA) is 92.6 Å². The van der Waals surface area contributed by atoms with Crippen molar-refractivity contribution in [3.63, 3.8) is 0 Å². The van der Waals surface area contributed by atoms with E-state index in [1.807, 2.05) is 4.68 Å². The second kappa shape index (κ2) is 11.9. The number of nitrogens with zero attached hydrogens (tertiary/aromatic N) is 5. The zero-order valence-corrected chi connectivity index (χ0v) is 21.1. The van der Waals surface area contributed by atoms with Gasteiger partial charge >= 0.3 is 6.09 Å². The van der Waals surface area contributed by atoms with Crippen LogP contribution in [0.5, 0.6) is 0 Å². The van der Waals surface area contributed by atoms with E-state index in [2.05, 4.69) is 55.8 Å². The van der Waals surface area contributed by atoms with Crippen LogP contribution in [0.2, 0.25) is 0 Å². The van der Waals surface area contributed by atoms with Crippen molar-refractivity contribution < 1.29 is 14.3 Å². The number of rotatable bonds is 2. The van der Waals surface area contributed by atoms with Gasteiger partial charge in [-0.15, -0.1) is 5.10 Å². The molecule has 4 heterocycles. The Labute approximate surface area is 213 Å². The number of likely N-dealkylation sites (tertiary alicyclic amines) is 1. The number of alkyl carbamates (subject to hydrolysis) is 1. The van der Waals surface area contributed by atoms with Crippen molar-refractivity contribution >= 4 is 12.0 Å². The Balaban J connectivity index is 1.27. The second-order valence-corrected chi connectivity index (χ2v) is 10.5. The molecule has 0 radical (unpaired) electrons. The zero-order valence-electron chi connectivity index (χ0n) is 21.1. The number of amides is 2. The van der Waals surface area contributed by atoms with Crippen LogP contribution < -0.4 is 5.32 Å². The third-order valence-electron chi connectivity index (χ3n) is 7.83. The Kier molecular flexibility index (Phi) is 8.15. The van der Waals surface area contributed by atoms with Crippen molar-refractivity contribution in [2.45, 2.75) is 64.1 Å². The minimum Gasteiger partial charge on any atom is -0.450 e. The maximum atomic E-state index is 13.5. The third-order valence-corrected chi connectivity index (χ3v) is 7.83. The maximum Gasteiger partial charge on any atom is 0.407 e. The Morgan fingerprint density at radius 3 is 2.81 bits per heavy atom. The minimum atomic E-state index is -0.366. The first kappa shape index (κ1) is 24.7. The fourth-order valence-corrected chi connectivity index (χ4v) is 6.23. The van der Waals surface area contributed by atoms with Crippen molar-refractivity contribution in [1.82, 2.24) is 30.1 Å². The highest BCUT2D eigenvalue weighted by Crippen LogP contribution is 2.36. The number of hydrogen-bond donors (Lipinski definition) is 1. The van der Waals surface area contributed by atoms with E-state index in [-0.39, 0.29) is 18.0 Å². The third kappa shape index (κ3) is 6.24. The molecule has 3 aliphatic heterocycles. The summed E-state index contributed by atoms with van der Waals surface area (Å²) < 4.78 is 7.23. The van der Waals surface area contributed by atoms with Gasteiger partial charge in [0, 0.05) is 51.7 Å². The SMILES string of the molecule is O=C1NCCCC2[C@H]3CC(CN(Cc4ccccc4)C3)CN2C(=O)CCCn2nncc2CCCO1. The zero-order chi connectivity index (χ0) is 24.7. The van der Waals surface area contributed by atoms with Crippen LogP contribution >= 0.6 is 0 Å². The van der Waals surface area contributed by atoms with Gasteiger partial charge < -0.3 is 15.0 Å². The van der Waals surface area contributed by atoms with Crippen molar-refractivity contribution in [3.05, 3.63) is 47.8 Å². The number of hydrogen-bond acceptors (Lipinski definition) is 6. The number of aryl methyl sites for hydroxylation is 2. The molecule has 2 fully saturated rings. The molecule has 1 N–H and O–H groups in total. The summed E-state index contributed by atoms with van der Waals surface area (Å²) in [6, 6.07) is 10.9. The highest BCUT2D eigenvalue weighted by molar-refractivity contribution is 5.76. The molecule has 3 atom stereocenters. The van der Waals surface area contributed by atoms with Gasteiger partial charge in [0.1, 0.15) is 0 Å². The van der Waals surface area contributed by atoms with Crippen LogP contribution in [0.1, 0.15) is 49.8 Å². The predicted molar refractivity (Wildman–Crippen MR) is 135 cm³/mol. The number of aromatic nitrogens is 3. The van der Waals surface area contributed by atoms with Gasteiger partial charge in [-0.25, -0.2) is 9.48 Å². The van der Waals surface area contributed by atoms with Gasteiger partial charge in [0.25, 0.3) is 0 Å². The average molecular weight is 495 g/mol. The van der Waals surface area contributed by atoms with Crippen LogP contribution in [0, 0.1) is 11.8 Å². The van der Waals surface area contributed by atoms with E-state index in [1.165, 1.54) is 12.0 Å². The van der Waals surface area contributed by atoms with Gasteiger partial charge in [-0.2, -0.15) is 0 Å². The van der Waals surface area contributed by atoms with Crippen molar-refractivity contribution in [2.24, 2.45) is 11.8 Å². The molecule has 36 heavy (non-hydrogen) atoms. The lowest BCUT2D eigenvalue weighted by atomic mass is 9.77. The highest BCUT2D eigenvalue weighted by Gasteiger charge is 2.42. The van der Waals surface area contributed by atoms with Crippen LogP contribution in [0.4, 0.5) is 4.79 Å². The van der Waals surface area contributed by atoms with Crippen LogP contribution in [0.15, 0.2) is 36.5 Å². The molecule has 2 aromatic rings. The summed E-state index contributed by atoms with van der Waals surface area (Å²) in [5.41, 5.74) is 2.36. The lowest BCUT2D eigenvalue weighted by Crippen LogP contribution is -2.59. The van der Waals surface area contributed by atoms with Gasteiger partial charge in [-0.3, -0.25) is 9.69 Å². The minimum absolute atomic E-state index is 0.211. The van der Waals surface area contributed by atoms with Gasteiger partial charge in [0.15, 0.2) is 0 Å². The summed E-state index contributed by atoms with van der Waals surface area (Å²) in [6.45, 7) is 5.45. The molecule has 0 spiro atoms. The summed E-state index contributed by atoms with van der Waals surface area (Å²) >= 11 is 0. The Morgan fingerprint density at radius 2 is 1.92 bits per heavy atom. The summed E-state index contributed by atoms with van der Waals surface area (Å²) in [5, 5.41) is 11.1. The summed E-state index contributed by atoms with van der Waals surface area (Å²) in [7, 11) is 0. The van der Waals surface area contributed by atoms with Crippen LogP contribution in [-0.2, 0) is 29.0 Å². The molecule has 3 aliphatic rings. The second-order valence-electron chi connectivity index (χ2n) is 10.5. The number of carbonyl (C=O) groups excluding carboxylic acids is 2. The number of benzene rings is 1. The van der Waals surface area contributed by atoms with E-state index in [0.29, 0.717) is 38.0 Å². The summed E-state index contributed by atoms with van der Waals surface area (Å²) in [4.78, 5) is 30.3. The van der Waals surface area contributed by atoms with Gasteiger partial charge in [0.2, 0.25) is 5.91 Å². The molecule has 0 saturated carbocycles. The molecule has 1 aromatic carbocycles. The number of nitrogens with one attached hydrogen (secondary N) is 1. The van der Waals surface area contributed by atoms with E-state index in [1.54, 1.807) is 6.20 Å². The molecule has 2 unspecified atom stereocenters. The van der Waals surface area contributed by atoms with Crippen LogP contribution in [-0.4, -0.2) is 75.6 Å². The van der Waals surface area contributed by atoms with Crippen LogP contribution in [0.25, 0.3) is 0 Å². The molecule has 9 nitrogen and oxygen atoms in total. The molecular formula is C27H38N6O3. The van der Waals surface area contributed by atoms with Crippen LogP contribution in [0.3, 0.4) is 0 Å². The number of fused-ring (bicyclic) bond motifs is 5. The normalized spacial score (nSPS) is 26.8. The first-order valence-corrected chi connectivity index (χ1v) is 13.5. The first-order valence-electron chi connectivity index (χ1n) is 13.5. The fourth-order valence-electron chi connectivity index (χ4n) is 6.23. The van der Waals surface area contributed by atoms with E-state index in [9.17, 15) is 9.59 Å². The molecule has 2 saturated heterocycles. The molecular weight excluding hydrogens is 456 g/mol. The van der Waals surface area contributed by atoms with Crippen molar-refractivity contribution in [3.8, 4) is 0 Å². The number of ether oxygens (including phenoxy) is 1. The first-order chi connectivity index (χ1) is 17.7. The lowest BCUT2D eigenvalue weighted by Gasteiger charge is -2.51. The van der Waals surface area contributed by atoms with Gasteiger partial charge in [-0.05, 0) is 55.9 Å². The highest BCUT2D eigenvalue weighted by atomic mass is 16.5. The maximum absolute atomic E-state index is 13.5. The fraction of sp³-hybridized carbons (Fsp3) is 0.630. The quantitative estimate of drug-likeness (QED) is 0.690. The lowest BCUT2D eigenvalue weighted by molar-refractivity contribution is -0.141. The Hall–Kier alpha value is -2.94. The summed E-state index contributed by atoms with van der Waals surface area (Å²) in [5.74, 6) is 1.22. The summed E-state index contributed by atoms with van der Waals surface area (Å²) in [6.07, 6.45) is 7.06. The van der Waals surface area contributed by atoms with Crippen molar-refractivity contribution in [2.75, 3.05) is 32.8 Å². The Bertz CT molecular complexity index is 1010. The smallest absolute Gasteiger partial charge is 0.407 e. The molecule has 0 aliphatic carbocycles. The standard InChI is InChI=1S/C27H38N6O3/c34-26-11-5-13-33-24(16-29-30-33)9-6-14-36-27(35)28-12-4-10-25-23-15-22(19-32(25)26)18-31(20-23)17-21-7-2-1-3-8-21/h1-3,7-8,16,22-23,25H,4-6,9-15,17-20H2,(H,28,35)/t22?,23-,25?/m0/s1. The molecule has 1 aromatic heterocycles. The molecule has 194 valence electrons. The van der Waals surface area contributed by atoms with E-state index in [4.69, 9.17) is 4.74 Å². The van der Waals surface area contributed by atoms with Gasteiger partial charge in [-0.1, -0.05) is 35.5 Å². The molecule has 2 amide bonds. The molecule has 5 rings (SSSR count). The average Bonchev–Trinajstić information content (AvgIpc) is 3.32. The predicted octanol–water partition coefficient (Wildman–Crippen LogP) is 2.86. The largest absolute Gasteiger partial charge is 0.450 e. The number of piperidine rings is 2. The monoisotopic (exact) mass is 494 g/mol. The van der Waals surface area contributed by atoms with Crippen molar-refractivity contribution in [1.29, 1.82) is 0 Å². The van der Waals surface area contributed by atoms with E-state index < -0.39 is 0 Å². The van der Waals surface area contributed by atoms with E-state index >= 15 is 0 Å². The molecule has 9 heteroatoms. The number of carbonyl (C=O) groups is 2. The Morgan fingerprint density at radius 1 is 1.03 bits per heavy atom.